The molecular formula is C10H12FN3O2. The first-order valence-electron chi connectivity index (χ1n) is 4.64. The van der Waals surface area contributed by atoms with E-state index in [-0.39, 0.29) is 5.75 Å². The number of rotatable bonds is 5. The van der Waals surface area contributed by atoms with Gasteiger partial charge in [-0.25, -0.2) is 0 Å². The van der Waals surface area contributed by atoms with Crippen LogP contribution in [0.3, 0.4) is 0 Å². The zero-order valence-electron chi connectivity index (χ0n) is 8.75. The summed E-state index contributed by atoms with van der Waals surface area (Å²) in [5, 5.41) is 12.4. The lowest BCUT2D eigenvalue weighted by molar-refractivity contribution is 0.0722. The number of phenolic OH excluding ortho intramolecular Hbond substituents is 1. The number of aromatic hydroxyl groups is 1. The molecule has 5 nitrogen and oxygen atoms in total. The molecular weight excluding hydrogens is 213 g/mol. The van der Waals surface area contributed by atoms with Crippen molar-refractivity contribution in [2.24, 2.45) is 5.11 Å². The third-order valence-electron chi connectivity index (χ3n) is 2.18. The minimum Gasteiger partial charge on any atom is -0.508 e. The monoisotopic (exact) mass is 225 g/mol. The van der Waals surface area contributed by atoms with E-state index in [0.29, 0.717) is 5.56 Å². The molecule has 0 fully saturated rings. The summed E-state index contributed by atoms with van der Waals surface area (Å²) in [4.78, 5) is 2.57. The van der Waals surface area contributed by atoms with E-state index in [1.165, 1.54) is 19.2 Å². The summed E-state index contributed by atoms with van der Waals surface area (Å²) in [7, 11) is 1.41. The third kappa shape index (κ3) is 2.85. The van der Waals surface area contributed by atoms with Crippen molar-refractivity contribution in [3.05, 3.63) is 40.3 Å². The highest BCUT2D eigenvalue weighted by molar-refractivity contribution is 5.28. The van der Waals surface area contributed by atoms with Crippen LogP contribution in [0.2, 0.25) is 0 Å². The summed E-state index contributed by atoms with van der Waals surface area (Å²) >= 11 is 0. The fraction of sp³-hybridized carbons (Fsp3) is 0.400. The lowest BCUT2D eigenvalue weighted by Crippen LogP contribution is -2.20. The number of nitrogens with zero attached hydrogens (tertiary/aromatic N) is 3. The molecule has 0 saturated carbocycles. The molecule has 2 atom stereocenters. The molecule has 0 aliphatic rings. The average Bonchev–Trinajstić information content (AvgIpc) is 2.31. The van der Waals surface area contributed by atoms with Crippen molar-refractivity contribution in [3.63, 3.8) is 0 Å². The van der Waals surface area contributed by atoms with Gasteiger partial charge in [0.05, 0.1) is 12.1 Å². The molecule has 0 bridgehead atoms. The number of phenols is 1. The van der Waals surface area contributed by atoms with Gasteiger partial charge in [-0.15, -0.1) is 0 Å². The van der Waals surface area contributed by atoms with Crippen molar-refractivity contribution in [2.45, 2.75) is 12.1 Å². The number of benzene rings is 1. The highest BCUT2D eigenvalue weighted by Gasteiger charge is 2.21. The number of halogens is 1. The van der Waals surface area contributed by atoms with Gasteiger partial charge in [0.15, 0.2) is 0 Å². The van der Waals surface area contributed by atoms with E-state index in [9.17, 15) is 4.39 Å². The Kier molecular flexibility index (Phi) is 4.57. The highest BCUT2D eigenvalue weighted by Crippen LogP contribution is 2.25. The lowest BCUT2D eigenvalue weighted by atomic mass is 10.0. The first-order valence-corrected chi connectivity index (χ1v) is 4.64. The van der Waals surface area contributed by atoms with Crippen molar-refractivity contribution in [1.82, 2.24) is 0 Å². The molecule has 1 rings (SSSR count). The average molecular weight is 225 g/mol. The van der Waals surface area contributed by atoms with E-state index < -0.39 is 18.8 Å². The van der Waals surface area contributed by atoms with Crippen LogP contribution in [0.15, 0.2) is 29.4 Å². The standard InChI is InChI=1S/C10H12FN3O2/c1-16-10(9(6-11)13-14-12)7-2-4-8(15)5-3-7/h2-5,9-10,15H,6H2,1H3/t9-,10-/m1/s1. The van der Waals surface area contributed by atoms with Gasteiger partial charge < -0.3 is 9.84 Å². The molecule has 0 amide bonds. The molecule has 0 aliphatic heterocycles. The van der Waals surface area contributed by atoms with E-state index in [2.05, 4.69) is 10.0 Å². The van der Waals surface area contributed by atoms with Crippen LogP contribution in [0.1, 0.15) is 11.7 Å². The molecule has 0 unspecified atom stereocenters. The van der Waals surface area contributed by atoms with E-state index in [4.69, 9.17) is 15.4 Å². The molecule has 0 spiro atoms. The van der Waals surface area contributed by atoms with Crippen LogP contribution >= 0.6 is 0 Å². The Bertz CT molecular complexity index is 376. The van der Waals surface area contributed by atoms with Crippen molar-refractivity contribution in [3.8, 4) is 5.75 Å². The van der Waals surface area contributed by atoms with E-state index in [1.807, 2.05) is 0 Å². The topological polar surface area (TPSA) is 78.2 Å². The van der Waals surface area contributed by atoms with E-state index in [1.54, 1.807) is 12.1 Å². The van der Waals surface area contributed by atoms with E-state index >= 15 is 0 Å². The molecule has 0 saturated heterocycles. The van der Waals surface area contributed by atoms with Gasteiger partial charge in [-0.2, -0.15) is 0 Å². The minimum atomic E-state index is -0.903. The largest absolute Gasteiger partial charge is 0.508 e. The Morgan fingerprint density at radius 3 is 2.56 bits per heavy atom. The maximum atomic E-state index is 12.7. The fourth-order valence-corrected chi connectivity index (χ4v) is 1.42. The van der Waals surface area contributed by atoms with Crippen LogP contribution < -0.4 is 0 Å². The van der Waals surface area contributed by atoms with Crippen LogP contribution in [-0.2, 0) is 4.74 Å². The molecule has 1 N–H and O–H groups in total. The summed E-state index contributed by atoms with van der Waals surface area (Å²) < 4.78 is 17.7. The Labute approximate surface area is 92.1 Å². The SMILES string of the molecule is CO[C@H](c1ccc(O)cc1)[C@@H](CF)N=[N+]=[N-]. The van der Waals surface area contributed by atoms with Crippen molar-refractivity contribution < 1.29 is 14.2 Å². The Balaban J connectivity index is 2.96. The van der Waals surface area contributed by atoms with Gasteiger partial charge in [0, 0.05) is 12.0 Å². The number of alkyl halides is 1. The number of hydrogen-bond acceptors (Lipinski definition) is 3. The van der Waals surface area contributed by atoms with Gasteiger partial charge in [0.2, 0.25) is 0 Å². The highest BCUT2D eigenvalue weighted by atomic mass is 19.1. The predicted molar refractivity (Wildman–Crippen MR) is 56.8 cm³/mol. The summed E-state index contributed by atoms with van der Waals surface area (Å²) in [6.45, 7) is -0.802. The fourth-order valence-electron chi connectivity index (χ4n) is 1.42. The van der Waals surface area contributed by atoms with Crippen molar-refractivity contribution in [2.75, 3.05) is 13.8 Å². The van der Waals surface area contributed by atoms with Crippen LogP contribution in [0.5, 0.6) is 5.75 Å². The van der Waals surface area contributed by atoms with E-state index in [0.717, 1.165) is 0 Å². The second-order valence-electron chi connectivity index (χ2n) is 3.17. The van der Waals surface area contributed by atoms with Gasteiger partial charge >= 0.3 is 0 Å². The molecule has 0 heterocycles. The number of hydrogen-bond donors (Lipinski definition) is 1. The normalized spacial score (nSPS) is 13.9. The third-order valence-corrected chi connectivity index (χ3v) is 2.18. The van der Waals surface area contributed by atoms with Crippen LogP contribution in [-0.4, -0.2) is 24.9 Å². The summed E-state index contributed by atoms with van der Waals surface area (Å²) in [6.07, 6.45) is -0.651. The second-order valence-corrected chi connectivity index (χ2v) is 3.17. The number of methoxy groups -OCH3 is 1. The van der Waals surface area contributed by atoms with Crippen molar-refractivity contribution >= 4 is 0 Å². The molecule has 6 heteroatoms. The summed E-state index contributed by atoms with van der Waals surface area (Å²) in [6, 6.07) is 5.22. The van der Waals surface area contributed by atoms with Gasteiger partial charge in [0.25, 0.3) is 0 Å². The Hall–Kier alpha value is -1.78. The smallest absolute Gasteiger partial charge is 0.115 e. The van der Waals surface area contributed by atoms with Gasteiger partial charge in [-0.05, 0) is 23.2 Å². The zero-order chi connectivity index (χ0) is 12.0. The first kappa shape index (κ1) is 12.3. The maximum Gasteiger partial charge on any atom is 0.115 e. The first-order chi connectivity index (χ1) is 7.72. The molecule has 16 heavy (non-hydrogen) atoms. The van der Waals surface area contributed by atoms with Crippen LogP contribution in [0.4, 0.5) is 4.39 Å². The minimum absolute atomic E-state index is 0.110. The van der Waals surface area contributed by atoms with Crippen LogP contribution in [0.25, 0.3) is 10.4 Å². The Morgan fingerprint density at radius 1 is 1.50 bits per heavy atom. The molecule has 0 aliphatic carbocycles. The molecule has 1 aromatic rings. The maximum absolute atomic E-state index is 12.7. The van der Waals surface area contributed by atoms with Crippen LogP contribution in [0, 0.1) is 0 Å². The lowest BCUT2D eigenvalue weighted by Gasteiger charge is -2.20. The zero-order valence-corrected chi connectivity index (χ0v) is 8.75. The number of azide groups is 1. The molecule has 1 aromatic carbocycles. The van der Waals surface area contributed by atoms with Crippen molar-refractivity contribution in [1.29, 1.82) is 0 Å². The predicted octanol–water partition coefficient (Wildman–Crippen LogP) is 2.73. The quantitative estimate of drug-likeness (QED) is 0.475. The van der Waals surface area contributed by atoms with Gasteiger partial charge in [0.1, 0.15) is 12.4 Å². The summed E-state index contributed by atoms with van der Waals surface area (Å²) in [5.74, 6) is 0.110. The molecule has 0 radical (unpaired) electrons. The molecule has 0 aromatic heterocycles. The van der Waals surface area contributed by atoms with Gasteiger partial charge in [-0.1, -0.05) is 17.2 Å². The number of ether oxygens (including phenoxy) is 1. The van der Waals surface area contributed by atoms with Gasteiger partial charge in [-0.3, -0.25) is 4.39 Å². The molecule has 86 valence electrons. The summed E-state index contributed by atoms with van der Waals surface area (Å²) in [5.41, 5.74) is 8.95. The second kappa shape index (κ2) is 5.95. The Morgan fingerprint density at radius 2 is 2.12 bits per heavy atom.